The van der Waals surface area contributed by atoms with Gasteiger partial charge in [0.1, 0.15) is 31.0 Å². The Balaban J connectivity index is 1.25. The van der Waals surface area contributed by atoms with E-state index in [9.17, 15) is 19.2 Å². The van der Waals surface area contributed by atoms with Gasteiger partial charge in [-0.15, -0.1) is 0 Å². The first kappa shape index (κ1) is 39.7. The molecule has 57 heavy (non-hydrogen) atoms. The summed E-state index contributed by atoms with van der Waals surface area (Å²) in [6.07, 6.45) is -10.2. The molecule has 14 nitrogen and oxygen atoms in total. The van der Waals surface area contributed by atoms with Gasteiger partial charge in [-0.1, -0.05) is 72.8 Å². The normalized spacial score (nSPS) is 27.5. The molecule has 3 fully saturated rings. The number of fused-ring (bicyclic) bond motifs is 1. The van der Waals surface area contributed by atoms with Crippen LogP contribution in [-0.2, 0) is 47.4 Å². The predicted molar refractivity (Wildman–Crippen MR) is 198 cm³/mol. The van der Waals surface area contributed by atoms with Crippen molar-refractivity contribution >= 4 is 23.9 Å². The third-order valence-corrected chi connectivity index (χ3v) is 9.50. The molecule has 3 aliphatic heterocycles. The molecule has 14 heteroatoms. The number of benzene rings is 4. The van der Waals surface area contributed by atoms with E-state index in [4.69, 9.17) is 47.4 Å². The predicted octanol–water partition coefficient (Wildman–Crippen LogP) is 5.15. The first-order valence-corrected chi connectivity index (χ1v) is 18.4. The highest BCUT2D eigenvalue weighted by Crippen LogP contribution is 2.40. The summed E-state index contributed by atoms with van der Waals surface area (Å²) < 4.78 is 60.6. The molecule has 0 amide bonds. The number of hydrogen-bond acceptors (Lipinski definition) is 14. The van der Waals surface area contributed by atoms with Crippen molar-refractivity contribution in [1.29, 1.82) is 0 Å². The minimum atomic E-state index is -1.58. The molecule has 0 saturated carbocycles. The van der Waals surface area contributed by atoms with Crippen LogP contribution in [0.5, 0.6) is 0 Å². The third kappa shape index (κ3) is 9.39. The van der Waals surface area contributed by atoms with Gasteiger partial charge in [0, 0.05) is 7.11 Å². The Kier molecular flexibility index (Phi) is 12.4. The molecule has 0 spiro atoms. The zero-order valence-electron chi connectivity index (χ0n) is 31.4. The van der Waals surface area contributed by atoms with Gasteiger partial charge in [0.15, 0.2) is 36.7 Å². The Hall–Kier alpha value is -5.48. The van der Waals surface area contributed by atoms with Crippen LogP contribution in [0.15, 0.2) is 121 Å². The van der Waals surface area contributed by atoms with E-state index in [0.717, 1.165) is 0 Å². The second-order valence-corrected chi connectivity index (χ2v) is 13.9. The zero-order chi connectivity index (χ0) is 39.9. The smallest absolute Gasteiger partial charge is 0.338 e. The lowest BCUT2D eigenvalue weighted by atomic mass is 9.97. The lowest BCUT2D eigenvalue weighted by molar-refractivity contribution is -0.307. The Morgan fingerprint density at radius 2 is 0.930 bits per heavy atom. The van der Waals surface area contributed by atoms with Gasteiger partial charge in [-0.2, -0.15) is 0 Å². The highest BCUT2D eigenvalue weighted by molar-refractivity contribution is 5.91. The number of methoxy groups -OCH3 is 1. The van der Waals surface area contributed by atoms with E-state index in [-0.39, 0.29) is 28.9 Å². The Bertz CT molecular complexity index is 1980. The molecule has 0 unspecified atom stereocenters. The van der Waals surface area contributed by atoms with Gasteiger partial charge in [-0.3, -0.25) is 0 Å². The highest BCUT2D eigenvalue weighted by Gasteiger charge is 2.57. The summed E-state index contributed by atoms with van der Waals surface area (Å²) in [6.45, 7) is 2.82. The molecule has 0 bridgehead atoms. The van der Waals surface area contributed by atoms with Gasteiger partial charge >= 0.3 is 23.9 Å². The fourth-order valence-corrected chi connectivity index (χ4v) is 6.82. The van der Waals surface area contributed by atoms with E-state index < -0.39 is 91.6 Å². The van der Waals surface area contributed by atoms with Gasteiger partial charge in [-0.25, -0.2) is 19.2 Å². The molecule has 0 N–H and O–H groups in total. The molecule has 3 aliphatic rings. The van der Waals surface area contributed by atoms with Crippen molar-refractivity contribution < 1.29 is 66.5 Å². The Morgan fingerprint density at radius 1 is 0.509 bits per heavy atom. The van der Waals surface area contributed by atoms with Gasteiger partial charge in [0.25, 0.3) is 0 Å². The Morgan fingerprint density at radius 3 is 1.42 bits per heavy atom. The SMILES string of the molecule is CO[C@@H]1O[C@H](CO[C@@H]2O[C@H](COC(=O)c3ccccc3)[C@@H](OC(=O)c3ccccc3)[C@H](OC(=O)c3ccccc3)[C@H]2OC(=O)c2ccccc2)[C@H]2OC(C)(C)O[C@@H]12. The minimum absolute atomic E-state index is 0.159. The van der Waals surface area contributed by atoms with Crippen LogP contribution < -0.4 is 0 Å². The van der Waals surface area contributed by atoms with Crippen LogP contribution >= 0.6 is 0 Å². The van der Waals surface area contributed by atoms with E-state index >= 15 is 0 Å². The van der Waals surface area contributed by atoms with Gasteiger partial charge < -0.3 is 47.4 Å². The number of carbonyl (C=O) groups is 4. The highest BCUT2D eigenvalue weighted by atomic mass is 16.8. The summed E-state index contributed by atoms with van der Waals surface area (Å²) in [5.41, 5.74) is 0.753. The number of rotatable bonds is 13. The molecule has 298 valence electrons. The van der Waals surface area contributed by atoms with Gasteiger partial charge in [0.2, 0.25) is 0 Å². The monoisotopic (exact) mass is 782 g/mol. The maximum atomic E-state index is 13.9. The van der Waals surface area contributed by atoms with Crippen molar-refractivity contribution in [2.45, 2.75) is 74.9 Å². The van der Waals surface area contributed by atoms with Crippen LogP contribution in [-0.4, -0.2) is 105 Å². The lowest BCUT2D eigenvalue weighted by Crippen LogP contribution is -2.63. The molecule has 9 atom stereocenters. The molecule has 4 aromatic rings. The average Bonchev–Trinajstić information content (AvgIpc) is 3.73. The van der Waals surface area contributed by atoms with E-state index in [2.05, 4.69) is 0 Å². The topological polar surface area (TPSA) is 161 Å². The summed E-state index contributed by atoms with van der Waals surface area (Å²) in [7, 11) is 1.48. The molecule has 3 heterocycles. The maximum Gasteiger partial charge on any atom is 0.338 e. The average molecular weight is 783 g/mol. The van der Waals surface area contributed by atoms with Crippen LogP contribution in [0.4, 0.5) is 0 Å². The summed E-state index contributed by atoms with van der Waals surface area (Å²) >= 11 is 0. The molecule has 4 aromatic carbocycles. The molecular formula is C43H42O14. The molecule has 0 radical (unpaired) electrons. The van der Waals surface area contributed by atoms with Crippen molar-refractivity contribution in [1.82, 2.24) is 0 Å². The number of hydrogen-bond donors (Lipinski definition) is 0. The first-order chi connectivity index (χ1) is 27.6. The summed E-state index contributed by atoms with van der Waals surface area (Å²) in [4.78, 5) is 54.6. The maximum absolute atomic E-state index is 13.9. The molecule has 7 rings (SSSR count). The largest absolute Gasteiger partial charge is 0.459 e. The van der Waals surface area contributed by atoms with Crippen molar-refractivity contribution in [3.05, 3.63) is 144 Å². The fourth-order valence-electron chi connectivity index (χ4n) is 6.82. The van der Waals surface area contributed by atoms with E-state index in [0.29, 0.717) is 0 Å². The standard InChI is InChI=1S/C43H42O14/c1-43(2)56-33-31(51-41(48-3)36(33)57-43)25-50-42-35(55-40(47)29-22-14-7-15-23-29)34(54-39(46)28-20-12-6-13-21-28)32(53-38(45)27-18-10-5-11-19-27)30(52-42)24-49-37(44)26-16-8-4-9-17-26/h4-23,30-36,41-42H,24-25H2,1-3H3/t30-,31-,32-,33-,34+,35-,36-,41-,42-/m1/s1. The molecule has 0 aromatic heterocycles. The second-order valence-electron chi connectivity index (χ2n) is 13.9. The number of ether oxygens (including phenoxy) is 10. The van der Waals surface area contributed by atoms with E-state index in [1.807, 2.05) is 0 Å². The van der Waals surface area contributed by atoms with Crippen LogP contribution in [0.3, 0.4) is 0 Å². The van der Waals surface area contributed by atoms with Crippen molar-refractivity contribution in [2.24, 2.45) is 0 Å². The summed E-state index contributed by atoms with van der Waals surface area (Å²) in [6, 6.07) is 32.6. The third-order valence-electron chi connectivity index (χ3n) is 9.50. The van der Waals surface area contributed by atoms with Crippen molar-refractivity contribution in [3.8, 4) is 0 Å². The molecule has 0 aliphatic carbocycles. The molecular weight excluding hydrogens is 740 g/mol. The van der Waals surface area contributed by atoms with Crippen LogP contribution in [0.2, 0.25) is 0 Å². The van der Waals surface area contributed by atoms with Crippen molar-refractivity contribution in [2.75, 3.05) is 20.3 Å². The Labute approximate surface area is 328 Å². The van der Waals surface area contributed by atoms with Crippen LogP contribution in [0.25, 0.3) is 0 Å². The van der Waals surface area contributed by atoms with Crippen LogP contribution in [0.1, 0.15) is 55.3 Å². The van der Waals surface area contributed by atoms with E-state index in [1.165, 1.54) is 19.2 Å². The van der Waals surface area contributed by atoms with E-state index in [1.54, 1.807) is 123 Å². The number of carbonyl (C=O) groups excluding carboxylic acids is 4. The van der Waals surface area contributed by atoms with Gasteiger partial charge in [-0.05, 0) is 62.4 Å². The summed E-state index contributed by atoms with van der Waals surface area (Å²) in [5.74, 6) is -4.09. The second kappa shape index (κ2) is 17.8. The van der Waals surface area contributed by atoms with Gasteiger partial charge in [0.05, 0.1) is 28.9 Å². The van der Waals surface area contributed by atoms with Crippen LogP contribution in [0, 0.1) is 0 Å². The number of esters is 4. The first-order valence-electron chi connectivity index (χ1n) is 18.4. The fraction of sp³-hybridized carbons (Fsp3) is 0.349. The zero-order valence-corrected chi connectivity index (χ0v) is 31.4. The quantitative estimate of drug-likeness (QED) is 0.129. The molecule has 3 saturated heterocycles. The minimum Gasteiger partial charge on any atom is -0.459 e. The van der Waals surface area contributed by atoms with Crippen molar-refractivity contribution in [3.63, 3.8) is 0 Å². The summed E-state index contributed by atoms with van der Waals surface area (Å²) in [5, 5.41) is 0. The lowest BCUT2D eigenvalue weighted by Gasteiger charge is -2.44.